The topological polar surface area (TPSA) is 107 Å². The van der Waals surface area contributed by atoms with Crippen molar-refractivity contribution in [2.45, 2.75) is 19.4 Å². The van der Waals surface area contributed by atoms with Crippen LogP contribution in [-0.4, -0.2) is 60.5 Å². The highest BCUT2D eigenvalue weighted by Gasteiger charge is 2.14. The predicted molar refractivity (Wildman–Crippen MR) is 123 cm³/mol. The van der Waals surface area contributed by atoms with E-state index in [4.69, 9.17) is 14.2 Å². The molecule has 1 amide bonds. The average molecular weight is 453 g/mol. The summed E-state index contributed by atoms with van der Waals surface area (Å²) in [6.45, 7) is 1.35. The summed E-state index contributed by atoms with van der Waals surface area (Å²) in [4.78, 5) is 29.3. The van der Waals surface area contributed by atoms with Gasteiger partial charge >= 0.3 is 0 Å². The maximum atomic E-state index is 12.5. The Balaban J connectivity index is 1.63. The number of hydrogen-bond donors (Lipinski definition) is 1. The molecule has 9 nitrogen and oxygen atoms in total. The summed E-state index contributed by atoms with van der Waals surface area (Å²) in [5.41, 5.74) is 1.51. The van der Waals surface area contributed by atoms with Gasteiger partial charge in [0.15, 0.2) is 17.3 Å². The minimum absolute atomic E-state index is 0.0714. The number of carbonyl (C=O) groups excluding carboxylic acids is 1. The quantitative estimate of drug-likeness (QED) is 0.445. The van der Waals surface area contributed by atoms with E-state index in [1.807, 2.05) is 30.3 Å². The number of aromatic nitrogens is 3. The molecule has 0 saturated heterocycles. The number of benzene rings is 2. The highest BCUT2D eigenvalue weighted by atomic mass is 16.5. The fourth-order valence-electron chi connectivity index (χ4n) is 3.18. The minimum Gasteiger partial charge on any atom is -0.493 e. The Bertz CT molecular complexity index is 1120. The Morgan fingerprint density at radius 3 is 2.52 bits per heavy atom. The maximum absolute atomic E-state index is 12.5. The van der Waals surface area contributed by atoms with Crippen molar-refractivity contribution in [3.05, 3.63) is 70.1 Å². The molecule has 0 aliphatic carbocycles. The molecule has 0 spiro atoms. The molecule has 3 rings (SSSR count). The summed E-state index contributed by atoms with van der Waals surface area (Å²) in [5.74, 6) is 1.29. The van der Waals surface area contributed by atoms with Gasteiger partial charge in [0.2, 0.25) is 5.91 Å². The normalized spacial score (nSPS) is 10.6. The van der Waals surface area contributed by atoms with E-state index in [0.717, 1.165) is 5.56 Å². The van der Waals surface area contributed by atoms with Gasteiger partial charge in [-0.3, -0.25) is 9.59 Å². The van der Waals surface area contributed by atoms with Crippen LogP contribution in [0.1, 0.15) is 17.7 Å². The molecular weight excluding hydrogens is 424 g/mol. The van der Waals surface area contributed by atoms with Gasteiger partial charge in [0.1, 0.15) is 12.3 Å². The summed E-state index contributed by atoms with van der Waals surface area (Å²) in [7, 11) is 4.87. The number of H-pyrrole nitrogens is 1. The van der Waals surface area contributed by atoms with Gasteiger partial charge in [-0.2, -0.15) is 0 Å². The first-order chi connectivity index (χ1) is 16.0. The third-order valence-electron chi connectivity index (χ3n) is 5.01. The molecule has 0 aliphatic heterocycles. The van der Waals surface area contributed by atoms with E-state index >= 15 is 0 Å². The monoisotopic (exact) mass is 452 g/mol. The lowest BCUT2D eigenvalue weighted by molar-refractivity contribution is -0.130. The zero-order chi connectivity index (χ0) is 23.6. The highest BCUT2D eigenvalue weighted by Crippen LogP contribution is 2.31. The van der Waals surface area contributed by atoms with Crippen molar-refractivity contribution in [2.75, 3.05) is 34.5 Å². The first kappa shape index (κ1) is 23.9. The van der Waals surface area contributed by atoms with Gasteiger partial charge in [-0.25, -0.2) is 0 Å². The molecule has 33 heavy (non-hydrogen) atoms. The number of nitrogens with zero attached hydrogens (tertiary/aromatic N) is 3. The van der Waals surface area contributed by atoms with Crippen LogP contribution in [0.2, 0.25) is 0 Å². The number of methoxy groups -OCH3 is 2. The molecular formula is C24H28N4O5. The standard InChI is InChI=1S/C24H28N4O5/c1-28(16-17-7-5-4-6-8-17)22(29)12-10-19-24(30)25-23(27-26-19)18-9-11-20(21(15-18)32-3)33-14-13-31-2/h4-9,11,15H,10,12-14,16H2,1-3H3,(H,25,27,30). The first-order valence-electron chi connectivity index (χ1n) is 10.6. The molecule has 174 valence electrons. The van der Waals surface area contributed by atoms with E-state index in [-0.39, 0.29) is 30.0 Å². The molecule has 0 atom stereocenters. The van der Waals surface area contributed by atoms with Crippen LogP contribution >= 0.6 is 0 Å². The Labute approximate surface area is 192 Å². The van der Waals surface area contributed by atoms with E-state index in [1.165, 1.54) is 7.11 Å². The molecule has 0 radical (unpaired) electrons. The number of carbonyl (C=O) groups is 1. The van der Waals surface area contributed by atoms with E-state index in [0.29, 0.717) is 42.6 Å². The molecule has 3 aromatic rings. The van der Waals surface area contributed by atoms with Gasteiger partial charge in [0.25, 0.3) is 5.56 Å². The lowest BCUT2D eigenvalue weighted by atomic mass is 10.1. The number of aryl methyl sites for hydroxylation is 1. The number of hydrogen-bond acceptors (Lipinski definition) is 7. The lowest BCUT2D eigenvalue weighted by Crippen LogP contribution is -2.27. The third kappa shape index (κ3) is 6.63. The Kier molecular flexibility index (Phi) is 8.54. The Hall–Kier alpha value is -3.72. The largest absolute Gasteiger partial charge is 0.493 e. The molecule has 0 fully saturated rings. The zero-order valence-electron chi connectivity index (χ0n) is 19.0. The van der Waals surface area contributed by atoms with Gasteiger partial charge in [0, 0.05) is 39.1 Å². The van der Waals surface area contributed by atoms with Gasteiger partial charge in [0.05, 0.1) is 13.7 Å². The van der Waals surface area contributed by atoms with Crippen molar-refractivity contribution in [1.29, 1.82) is 0 Å². The van der Waals surface area contributed by atoms with Crippen LogP contribution in [-0.2, 0) is 22.5 Å². The van der Waals surface area contributed by atoms with E-state index in [9.17, 15) is 9.59 Å². The van der Waals surface area contributed by atoms with Crippen LogP contribution in [0.15, 0.2) is 53.3 Å². The van der Waals surface area contributed by atoms with Crippen LogP contribution in [0, 0.1) is 0 Å². The summed E-state index contributed by atoms with van der Waals surface area (Å²) in [6.07, 6.45) is 0.373. The Morgan fingerprint density at radius 1 is 1.03 bits per heavy atom. The average Bonchev–Trinajstić information content (AvgIpc) is 2.84. The summed E-state index contributed by atoms with van der Waals surface area (Å²) in [5, 5.41) is 8.19. The number of nitrogens with one attached hydrogen (secondary N) is 1. The number of rotatable bonds is 11. The van der Waals surface area contributed by atoms with E-state index in [1.54, 1.807) is 37.3 Å². The van der Waals surface area contributed by atoms with Gasteiger partial charge in [-0.1, -0.05) is 30.3 Å². The van der Waals surface area contributed by atoms with Crippen molar-refractivity contribution >= 4 is 5.91 Å². The van der Waals surface area contributed by atoms with Crippen LogP contribution in [0.5, 0.6) is 11.5 Å². The van der Waals surface area contributed by atoms with Gasteiger partial charge < -0.3 is 24.1 Å². The van der Waals surface area contributed by atoms with Gasteiger partial charge in [-0.15, -0.1) is 10.2 Å². The number of amides is 1. The fourth-order valence-corrected chi connectivity index (χ4v) is 3.18. The van der Waals surface area contributed by atoms with Crippen LogP contribution < -0.4 is 15.0 Å². The second-order valence-electron chi connectivity index (χ2n) is 7.39. The first-order valence-corrected chi connectivity index (χ1v) is 10.6. The SMILES string of the molecule is COCCOc1ccc(-c2nnc(CCC(=O)N(C)Cc3ccccc3)c(=O)[nH]2)cc1OC. The predicted octanol–water partition coefficient (Wildman–Crippen LogP) is 2.46. The molecule has 0 aliphatic rings. The van der Waals surface area contributed by atoms with E-state index in [2.05, 4.69) is 15.2 Å². The number of aromatic amines is 1. The summed E-state index contributed by atoms with van der Waals surface area (Å²) < 4.78 is 16.0. The van der Waals surface area contributed by atoms with Crippen LogP contribution in [0.25, 0.3) is 11.4 Å². The maximum Gasteiger partial charge on any atom is 0.273 e. The smallest absolute Gasteiger partial charge is 0.273 e. The fraction of sp³-hybridized carbons (Fsp3) is 0.333. The minimum atomic E-state index is -0.377. The van der Waals surface area contributed by atoms with Crippen LogP contribution in [0.3, 0.4) is 0 Å². The van der Waals surface area contributed by atoms with Crippen molar-refractivity contribution < 1.29 is 19.0 Å². The Morgan fingerprint density at radius 2 is 1.82 bits per heavy atom. The molecule has 9 heteroatoms. The molecule has 1 N–H and O–H groups in total. The lowest BCUT2D eigenvalue weighted by Gasteiger charge is -2.17. The molecule has 2 aromatic carbocycles. The van der Waals surface area contributed by atoms with Crippen LogP contribution in [0.4, 0.5) is 0 Å². The zero-order valence-corrected chi connectivity index (χ0v) is 19.0. The van der Waals surface area contributed by atoms with Crippen molar-refractivity contribution in [2.24, 2.45) is 0 Å². The molecule has 1 heterocycles. The number of ether oxygens (including phenoxy) is 3. The molecule has 0 bridgehead atoms. The molecule has 0 unspecified atom stereocenters. The van der Waals surface area contributed by atoms with Crippen molar-refractivity contribution in [3.63, 3.8) is 0 Å². The second kappa shape index (κ2) is 11.8. The molecule has 1 aromatic heterocycles. The third-order valence-corrected chi connectivity index (χ3v) is 5.01. The second-order valence-corrected chi connectivity index (χ2v) is 7.39. The van der Waals surface area contributed by atoms with Gasteiger partial charge in [-0.05, 0) is 23.8 Å². The van der Waals surface area contributed by atoms with Crippen molar-refractivity contribution in [1.82, 2.24) is 20.1 Å². The van der Waals surface area contributed by atoms with E-state index < -0.39 is 0 Å². The highest BCUT2D eigenvalue weighted by molar-refractivity contribution is 5.76. The van der Waals surface area contributed by atoms with Crippen molar-refractivity contribution in [3.8, 4) is 22.9 Å². The summed E-state index contributed by atoms with van der Waals surface area (Å²) in [6, 6.07) is 14.9. The summed E-state index contributed by atoms with van der Waals surface area (Å²) >= 11 is 0. The molecule has 0 saturated carbocycles.